The molecular formula is C19H22N2O5. The SMILES string of the molecule is COC(=O)c1cn(CC(=O)OCC(=O)NC2CCCC2)c2ccccc12. The van der Waals surface area contributed by atoms with Gasteiger partial charge in [-0.25, -0.2) is 4.79 Å². The van der Waals surface area contributed by atoms with Gasteiger partial charge in [0.15, 0.2) is 6.61 Å². The maximum Gasteiger partial charge on any atom is 0.340 e. The van der Waals surface area contributed by atoms with Gasteiger partial charge in [-0.2, -0.15) is 0 Å². The van der Waals surface area contributed by atoms with Crippen LogP contribution in [0.3, 0.4) is 0 Å². The van der Waals surface area contributed by atoms with Gasteiger partial charge >= 0.3 is 11.9 Å². The van der Waals surface area contributed by atoms with Gasteiger partial charge in [0.25, 0.3) is 5.91 Å². The van der Waals surface area contributed by atoms with Crippen molar-refractivity contribution in [2.45, 2.75) is 38.3 Å². The fourth-order valence-electron chi connectivity index (χ4n) is 3.32. The number of nitrogens with one attached hydrogen (secondary N) is 1. The summed E-state index contributed by atoms with van der Waals surface area (Å²) >= 11 is 0. The third kappa shape index (κ3) is 4.04. The Morgan fingerprint density at radius 2 is 1.92 bits per heavy atom. The van der Waals surface area contributed by atoms with E-state index in [2.05, 4.69) is 5.32 Å². The lowest BCUT2D eigenvalue weighted by molar-refractivity contribution is -0.149. The Labute approximate surface area is 151 Å². The first-order valence-corrected chi connectivity index (χ1v) is 8.69. The fourth-order valence-corrected chi connectivity index (χ4v) is 3.32. The highest BCUT2D eigenvalue weighted by molar-refractivity contribution is 6.04. The van der Waals surface area contributed by atoms with Crippen LogP contribution in [0.1, 0.15) is 36.0 Å². The number of hydrogen-bond donors (Lipinski definition) is 1. The van der Waals surface area contributed by atoms with E-state index >= 15 is 0 Å². The molecule has 1 heterocycles. The van der Waals surface area contributed by atoms with Crippen molar-refractivity contribution in [2.75, 3.05) is 13.7 Å². The zero-order valence-corrected chi connectivity index (χ0v) is 14.7. The highest BCUT2D eigenvalue weighted by Crippen LogP contribution is 2.22. The second kappa shape index (κ2) is 8.03. The summed E-state index contributed by atoms with van der Waals surface area (Å²) in [5.41, 5.74) is 1.11. The van der Waals surface area contributed by atoms with Crippen molar-refractivity contribution in [2.24, 2.45) is 0 Å². The van der Waals surface area contributed by atoms with E-state index in [0.717, 1.165) is 31.2 Å². The van der Waals surface area contributed by atoms with Crippen molar-refractivity contribution < 1.29 is 23.9 Å². The molecule has 0 unspecified atom stereocenters. The molecule has 7 heteroatoms. The zero-order chi connectivity index (χ0) is 18.5. The third-order valence-corrected chi connectivity index (χ3v) is 4.58. The van der Waals surface area contributed by atoms with Crippen LogP contribution in [-0.4, -0.2) is 42.2 Å². The average molecular weight is 358 g/mol. The van der Waals surface area contributed by atoms with Crippen molar-refractivity contribution in [1.29, 1.82) is 0 Å². The van der Waals surface area contributed by atoms with Crippen molar-refractivity contribution in [1.82, 2.24) is 9.88 Å². The van der Waals surface area contributed by atoms with Crippen LogP contribution in [0.4, 0.5) is 0 Å². The number of methoxy groups -OCH3 is 1. The van der Waals surface area contributed by atoms with Gasteiger partial charge in [0.2, 0.25) is 0 Å². The van der Waals surface area contributed by atoms with E-state index in [-0.39, 0.29) is 25.1 Å². The minimum absolute atomic E-state index is 0.0891. The zero-order valence-electron chi connectivity index (χ0n) is 14.7. The van der Waals surface area contributed by atoms with E-state index in [1.54, 1.807) is 16.8 Å². The van der Waals surface area contributed by atoms with Gasteiger partial charge in [0.05, 0.1) is 12.7 Å². The number of ether oxygens (including phenoxy) is 2. The van der Waals surface area contributed by atoms with E-state index in [0.29, 0.717) is 10.9 Å². The number of amides is 1. The number of carbonyl (C=O) groups excluding carboxylic acids is 3. The molecule has 0 atom stereocenters. The molecule has 138 valence electrons. The largest absolute Gasteiger partial charge is 0.465 e. The lowest BCUT2D eigenvalue weighted by Crippen LogP contribution is -2.36. The Hall–Kier alpha value is -2.83. The summed E-state index contributed by atoms with van der Waals surface area (Å²) in [6.45, 7) is -0.382. The van der Waals surface area contributed by atoms with Crippen LogP contribution in [0.25, 0.3) is 10.9 Å². The van der Waals surface area contributed by atoms with E-state index in [4.69, 9.17) is 9.47 Å². The van der Waals surface area contributed by atoms with E-state index < -0.39 is 11.9 Å². The van der Waals surface area contributed by atoms with Crippen LogP contribution >= 0.6 is 0 Å². The number of aromatic nitrogens is 1. The smallest absolute Gasteiger partial charge is 0.340 e. The summed E-state index contributed by atoms with van der Waals surface area (Å²) in [4.78, 5) is 35.9. The van der Waals surface area contributed by atoms with Crippen LogP contribution < -0.4 is 5.32 Å². The molecule has 0 spiro atoms. The van der Waals surface area contributed by atoms with Crippen LogP contribution in [0.5, 0.6) is 0 Å². The number of nitrogens with zero attached hydrogens (tertiary/aromatic N) is 1. The summed E-state index contributed by atoms with van der Waals surface area (Å²) in [6, 6.07) is 7.42. The number of fused-ring (bicyclic) bond motifs is 1. The van der Waals surface area contributed by atoms with Crippen LogP contribution in [0.15, 0.2) is 30.5 Å². The van der Waals surface area contributed by atoms with Crippen molar-refractivity contribution in [3.8, 4) is 0 Å². The molecule has 1 aliphatic carbocycles. The Morgan fingerprint density at radius 1 is 1.19 bits per heavy atom. The molecule has 1 saturated carbocycles. The Kier molecular flexibility index (Phi) is 5.55. The molecule has 2 aromatic rings. The van der Waals surface area contributed by atoms with Crippen LogP contribution in [0, 0.1) is 0 Å². The molecule has 0 bridgehead atoms. The predicted molar refractivity (Wildman–Crippen MR) is 94.6 cm³/mol. The Bertz CT molecular complexity index is 820. The minimum atomic E-state index is -0.538. The normalized spacial score (nSPS) is 14.3. The predicted octanol–water partition coefficient (Wildman–Crippen LogP) is 2.03. The molecular weight excluding hydrogens is 336 g/mol. The number of hydrogen-bond acceptors (Lipinski definition) is 5. The highest BCUT2D eigenvalue weighted by atomic mass is 16.5. The second-order valence-electron chi connectivity index (χ2n) is 6.39. The van der Waals surface area contributed by atoms with Gasteiger partial charge in [-0.3, -0.25) is 9.59 Å². The topological polar surface area (TPSA) is 86.6 Å². The first kappa shape index (κ1) is 18.0. The second-order valence-corrected chi connectivity index (χ2v) is 6.39. The quantitative estimate of drug-likeness (QED) is 0.799. The maximum atomic E-state index is 12.1. The summed E-state index contributed by atoms with van der Waals surface area (Å²) in [6.07, 6.45) is 5.76. The van der Waals surface area contributed by atoms with E-state index in [1.807, 2.05) is 18.2 Å². The lowest BCUT2D eigenvalue weighted by atomic mass is 10.2. The molecule has 0 radical (unpaired) electrons. The average Bonchev–Trinajstić information content (AvgIpc) is 3.28. The molecule has 0 saturated heterocycles. The van der Waals surface area contributed by atoms with Crippen LogP contribution in [0.2, 0.25) is 0 Å². The van der Waals surface area contributed by atoms with Gasteiger partial charge in [-0.05, 0) is 18.9 Å². The third-order valence-electron chi connectivity index (χ3n) is 4.58. The van der Waals surface area contributed by atoms with Crippen molar-refractivity contribution in [3.05, 3.63) is 36.0 Å². The molecule has 1 N–H and O–H groups in total. The van der Waals surface area contributed by atoms with Gasteiger partial charge in [0.1, 0.15) is 6.54 Å². The summed E-state index contributed by atoms with van der Waals surface area (Å²) < 4.78 is 11.5. The minimum Gasteiger partial charge on any atom is -0.465 e. The van der Waals surface area contributed by atoms with Gasteiger partial charge in [0, 0.05) is 23.1 Å². The lowest BCUT2D eigenvalue weighted by Gasteiger charge is -2.12. The van der Waals surface area contributed by atoms with Crippen molar-refractivity contribution in [3.63, 3.8) is 0 Å². The number of para-hydroxylation sites is 1. The molecule has 7 nitrogen and oxygen atoms in total. The van der Waals surface area contributed by atoms with Gasteiger partial charge in [-0.1, -0.05) is 31.0 Å². The van der Waals surface area contributed by atoms with E-state index in [1.165, 1.54) is 7.11 Å². The molecule has 0 aliphatic heterocycles. The maximum absolute atomic E-state index is 12.1. The molecule has 1 aromatic heterocycles. The molecule has 1 aromatic carbocycles. The molecule has 3 rings (SSSR count). The summed E-state index contributed by atoms with van der Waals surface area (Å²) in [7, 11) is 1.31. The summed E-state index contributed by atoms with van der Waals surface area (Å²) in [5.74, 6) is -1.29. The number of carbonyl (C=O) groups is 3. The van der Waals surface area contributed by atoms with Crippen molar-refractivity contribution >= 4 is 28.7 Å². The molecule has 1 amide bonds. The fraction of sp³-hybridized carbons (Fsp3) is 0.421. The number of rotatable bonds is 6. The highest BCUT2D eigenvalue weighted by Gasteiger charge is 2.19. The summed E-state index contributed by atoms with van der Waals surface area (Å²) in [5, 5.41) is 3.57. The number of esters is 2. The molecule has 1 fully saturated rings. The van der Waals surface area contributed by atoms with E-state index in [9.17, 15) is 14.4 Å². The van der Waals surface area contributed by atoms with Gasteiger partial charge < -0.3 is 19.4 Å². The molecule has 26 heavy (non-hydrogen) atoms. The van der Waals surface area contributed by atoms with Gasteiger partial charge in [-0.15, -0.1) is 0 Å². The van der Waals surface area contributed by atoms with Crippen LogP contribution in [-0.2, 0) is 25.6 Å². The Balaban J connectivity index is 1.62. The first-order chi connectivity index (χ1) is 12.6. The standard InChI is InChI=1S/C19H22N2O5/c1-25-19(24)15-10-21(16-9-5-4-8-14(15)16)11-18(23)26-12-17(22)20-13-6-2-3-7-13/h4-5,8-10,13H,2-3,6-7,11-12H2,1H3,(H,20,22). The molecule has 1 aliphatic rings. The monoisotopic (exact) mass is 358 g/mol. The first-order valence-electron chi connectivity index (χ1n) is 8.69. The number of benzene rings is 1. The Morgan fingerprint density at radius 3 is 2.65 bits per heavy atom.